The van der Waals surface area contributed by atoms with Crippen molar-refractivity contribution in [3.05, 3.63) is 34.7 Å². The van der Waals surface area contributed by atoms with Gasteiger partial charge in [0.2, 0.25) is 0 Å². The molecule has 150 valence electrons. The maximum Gasteiger partial charge on any atom is 0.346 e. The number of ketones is 1. The van der Waals surface area contributed by atoms with Gasteiger partial charge in [-0.25, -0.2) is 9.59 Å². The molecule has 0 spiro atoms. The smallest absolute Gasteiger partial charge is 0.346 e. The van der Waals surface area contributed by atoms with Crippen LogP contribution in [0.1, 0.15) is 35.0 Å². The molecule has 1 aliphatic heterocycles. The summed E-state index contributed by atoms with van der Waals surface area (Å²) in [5, 5.41) is 0. The second kappa shape index (κ2) is 7.23. The van der Waals surface area contributed by atoms with Crippen LogP contribution in [-0.2, 0) is 27.2 Å². The number of nitrogens with two attached hydrogens (primary N) is 1. The van der Waals surface area contributed by atoms with Crippen molar-refractivity contribution in [2.75, 3.05) is 27.2 Å². The minimum atomic E-state index is -2.12. The number of rotatable bonds is 6. The van der Waals surface area contributed by atoms with E-state index in [-0.39, 0.29) is 12.1 Å². The monoisotopic (exact) mass is 388 g/mol. The van der Waals surface area contributed by atoms with E-state index in [9.17, 15) is 19.2 Å². The Bertz CT molecular complexity index is 887. The Morgan fingerprint density at radius 3 is 2.68 bits per heavy atom. The first kappa shape index (κ1) is 19.8. The summed E-state index contributed by atoms with van der Waals surface area (Å²) in [7, 11) is 2.47. The van der Waals surface area contributed by atoms with Gasteiger partial charge >= 0.3 is 12.0 Å². The van der Waals surface area contributed by atoms with E-state index in [4.69, 9.17) is 10.5 Å². The number of carbonyl (C=O) groups is 4. The Labute approximate surface area is 162 Å². The van der Waals surface area contributed by atoms with E-state index >= 15 is 0 Å². The molecule has 0 bridgehead atoms. The third-order valence-electron chi connectivity index (χ3n) is 5.33. The number of amides is 3. The lowest BCUT2D eigenvalue weighted by Crippen LogP contribution is -2.58. The van der Waals surface area contributed by atoms with Gasteiger partial charge in [0.1, 0.15) is 0 Å². The molecule has 1 aromatic rings. The number of aromatic nitrogens is 1. The Balaban J connectivity index is 2.16. The molecule has 3 rings (SSSR count). The molecule has 2 heterocycles. The number of urea groups is 1. The fourth-order valence-corrected chi connectivity index (χ4v) is 4.00. The number of fused-ring (bicyclic) bond motifs is 1. The highest BCUT2D eigenvalue weighted by molar-refractivity contribution is 6.29. The van der Waals surface area contributed by atoms with Gasteiger partial charge in [0, 0.05) is 43.0 Å². The lowest BCUT2D eigenvalue weighted by molar-refractivity contribution is -0.154. The first-order chi connectivity index (χ1) is 13.4. The van der Waals surface area contributed by atoms with E-state index in [0.717, 1.165) is 22.5 Å². The number of aromatic amines is 1. The van der Waals surface area contributed by atoms with Gasteiger partial charge in [0.25, 0.3) is 11.4 Å². The minimum absolute atomic E-state index is 0.0517. The first-order valence-corrected chi connectivity index (χ1v) is 9.18. The number of carbonyl (C=O) groups excluding carboxylic acids is 4. The lowest BCUT2D eigenvalue weighted by Gasteiger charge is -2.33. The molecule has 1 fully saturated rings. The van der Waals surface area contributed by atoms with Crippen molar-refractivity contribution >= 4 is 23.7 Å². The van der Waals surface area contributed by atoms with E-state index in [0.29, 0.717) is 37.1 Å². The molecule has 1 saturated heterocycles. The Kier molecular flexibility index (Phi) is 5.12. The largest absolute Gasteiger partial charge is 0.467 e. The maximum absolute atomic E-state index is 13.4. The zero-order valence-electron chi connectivity index (χ0n) is 16.2. The summed E-state index contributed by atoms with van der Waals surface area (Å²) in [6.07, 6.45) is 4.56. The Morgan fingerprint density at radius 1 is 1.36 bits per heavy atom. The van der Waals surface area contributed by atoms with Gasteiger partial charge in [-0.2, -0.15) is 0 Å². The number of esters is 1. The summed E-state index contributed by atoms with van der Waals surface area (Å²) >= 11 is 0. The number of hydrogen-bond acceptors (Lipinski definition) is 6. The number of nitrogens with one attached hydrogen (secondary N) is 1. The molecule has 2 aliphatic rings. The lowest BCUT2D eigenvalue weighted by atomic mass is 9.78. The molecular formula is C19H24N4O5. The van der Waals surface area contributed by atoms with Crippen LogP contribution in [0.25, 0.3) is 0 Å². The van der Waals surface area contributed by atoms with E-state index in [2.05, 4.69) is 4.98 Å². The number of likely N-dealkylation sites (N-methyl/N-ethyl adjacent to an activating group) is 1. The second-order valence-electron chi connectivity index (χ2n) is 6.86. The van der Waals surface area contributed by atoms with Crippen molar-refractivity contribution in [3.8, 4) is 0 Å². The van der Waals surface area contributed by atoms with Crippen LogP contribution in [0.5, 0.6) is 0 Å². The molecule has 9 nitrogen and oxygen atoms in total. The normalized spacial score (nSPS) is 21.9. The molecule has 1 atom stereocenters. The number of Topliss-reactive ketones (excluding diaryl/α,β-unsaturated/α-hetero) is 1. The number of imide groups is 1. The second-order valence-corrected chi connectivity index (χ2v) is 6.86. The fourth-order valence-electron chi connectivity index (χ4n) is 4.00. The summed E-state index contributed by atoms with van der Waals surface area (Å²) in [6, 6.07) is -0.631. The predicted molar refractivity (Wildman–Crippen MR) is 99.6 cm³/mol. The van der Waals surface area contributed by atoms with Crippen LogP contribution in [0.15, 0.2) is 17.8 Å². The van der Waals surface area contributed by atoms with Crippen molar-refractivity contribution in [2.45, 2.75) is 31.7 Å². The van der Waals surface area contributed by atoms with Gasteiger partial charge < -0.3 is 15.5 Å². The van der Waals surface area contributed by atoms with Gasteiger partial charge in [0.05, 0.1) is 7.11 Å². The van der Waals surface area contributed by atoms with Crippen molar-refractivity contribution in [1.82, 2.24) is 14.8 Å². The quantitative estimate of drug-likeness (QED) is 0.413. The number of allylic oxidation sites excluding steroid dienone is 1. The van der Waals surface area contributed by atoms with Crippen LogP contribution in [-0.4, -0.2) is 71.3 Å². The molecule has 0 radical (unpaired) electrons. The summed E-state index contributed by atoms with van der Waals surface area (Å²) in [6.45, 7) is 2.31. The van der Waals surface area contributed by atoms with Crippen LogP contribution in [0, 0.1) is 0 Å². The molecular weight excluding hydrogens is 364 g/mol. The van der Waals surface area contributed by atoms with Gasteiger partial charge in [-0.15, -0.1) is 0 Å². The molecule has 3 N–H and O–H groups in total. The molecule has 1 unspecified atom stereocenters. The van der Waals surface area contributed by atoms with E-state index in [1.165, 1.54) is 13.1 Å². The molecule has 0 saturated carbocycles. The SMILES string of the molecule is CCCN1C(=O)N(C)C(C(=O)OC)(C2=CCc3[nH]cc(CCN)c3C2=O)C1=O. The van der Waals surface area contributed by atoms with E-state index in [1.807, 2.05) is 6.92 Å². The van der Waals surface area contributed by atoms with E-state index in [1.54, 1.807) is 6.20 Å². The molecule has 9 heteroatoms. The number of hydrogen-bond donors (Lipinski definition) is 2. The van der Waals surface area contributed by atoms with Crippen LogP contribution in [0.4, 0.5) is 4.79 Å². The number of methoxy groups -OCH3 is 1. The van der Waals surface area contributed by atoms with Crippen LogP contribution >= 0.6 is 0 Å². The van der Waals surface area contributed by atoms with Crippen LogP contribution in [0.3, 0.4) is 0 Å². The summed E-state index contributed by atoms with van der Waals surface area (Å²) in [5.41, 5.74) is 5.30. The van der Waals surface area contributed by atoms with Crippen molar-refractivity contribution in [1.29, 1.82) is 0 Å². The third kappa shape index (κ3) is 2.50. The Hall–Kier alpha value is -2.94. The summed E-state index contributed by atoms with van der Waals surface area (Å²) in [4.78, 5) is 57.3. The zero-order valence-corrected chi connectivity index (χ0v) is 16.2. The highest BCUT2D eigenvalue weighted by Gasteiger charge is 2.65. The highest BCUT2D eigenvalue weighted by atomic mass is 16.5. The maximum atomic E-state index is 13.4. The van der Waals surface area contributed by atoms with Gasteiger partial charge in [-0.05, 0) is 24.9 Å². The van der Waals surface area contributed by atoms with Gasteiger partial charge in [-0.3, -0.25) is 19.4 Å². The average molecular weight is 388 g/mol. The average Bonchev–Trinajstić information content (AvgIpc) is 3.17. The van der Waals surface area contributed by atoms with Gasteiger partial charge in [-0.1, -0.05) is 13.0 Å². The third-order valence-corrected chi connectivity index (χ3v) is 5.33. The van der Waals surface area contributed by atoms with Gasteiger partial charge in [0.15, 0.2) is 5.78 Å². The number of nitrogens with zero attached hydrogens (tertiary/aromatic N) is 2. The highest BCUT2D eigenvalue weighted by Crippen LogP contribution is 2.39. The number of H-pyrrole nitrogens is 1. The number of ether oxygens (including phenoxy) is 1. The molecule has 1 aromatic heterocycles. The van der Waals surface area contributed by atoms with Crippen LogP contribution in [0.2, 0.25) is 0 Å². The van der Waals surface area contributed by atoms with Crippen molar-refractivity contribution in [2.24, 2.45) is 5.73 Å². The summed E-state index contributed by atoms with van der Waals surface area (Å²) in [5.74, 6) is -2.18. The molecule has 28 heavy (non-hydrogen) atoms. The zero-order chi connectivity index (χ0) is 20.6. The van der Waals surface area contributed by atoms with E-state index < -0.39 is 29.2 Å². The summed E-state index contributed by atoms with van der Waals surface area (Å²) < 4.78 is 4.90. The van der Waals surface area contributed by atoms with Crippen LogP contribution < -0.4 is 5.73 Å². The first-order valence-electron chi connectivity index (χ1n) is 9.18. The minimum Gasteiger partial charge on any atom is -0.467 e. The van der Waals surface area contributed by atoms with Crippen molar-refractivity contribution in [3.63, 3.8) is 0 Å². The molecule has 1 aliphatic carbocycles. The standard InChI is InChI=1S/C19H24N4O5/c1-4-9-23-16(25)19(17(26)28-3,22(2)18(23)27)12-5-6-13-14(15(12)24)11(7-8-20)10-21-13/h5,10,21H,4,6-9,20H2,1-3H3. The van der Waals surface area contributed by atoms with Crippen molar-refractivity contribution < 1.29 is 23.9 Å². The topological polar surface area (TPSA) is 126 Å². The Morgan fingerprint density at radius 2 is 2.07 bits per heavy atom. The fraction of sp³-hybridized carbons (Fsp3) is 0.474. The predicted octanol–water partition coefficient (Wildman–Crippen LogP) is 0.397. The molecule has 0 aromatic carbocycles. The molecule has 3 amide bonds.